The summed E-state index contributed by atoms with van der Waals surface area (Å²) < 4.78 is 5.43. The lowest BCUT2D eigenvalue weighted by atomic mass is 10.0. The highest BCUT2D eigenvalue weighted by atomic mass is 35.5. The van der Waals surface area contributed by atoms with E-state index < -0.39 is 0 Å². The summed E-state index contributed by atoms with van der Waals surface area (Å²) in [5.41, 5.74) is 7.03. The Morgan fingerprint density at radius 2 is 1.97 bits per heavy atom. The normalized spacial score (nSPS) is 15.1. The summed E-state index contributed by atoms with van der Waals surface area (Å²) in [7, 11) is 0. The Balaban J connectivity index is 1.59. The molecule has 162 valence electrons. The third-order valence-electron chi connectivity index (χ3n) is 5.07. The molecule has 1 fully saturated rings. The number of likely N-dealkylation sites (tertiary alicyclic amines) is 1. The molecule has 6 N–H and O–H groups in total. The second-order valence-corrected chi connectivity index (χ2v) is 7.69. The predicted molar refractivity (Wildman–Crippen MR) is 114 cm³/mol. The van der Waals surface area contributed by atoms with Crippen molar-refractivity contribution in [2.75, 3.05) is 32.0 Å². The molecule has 0 aliphatic carbocycles. The number of ether oxygens (including phenoxy) is 1. The van der Waals surface area contributed by atoms with Crippen molar-refractivity contribution >= 4 is 23.2 Å². The number of phenols is 2. The topological polar surface area (TPSA) is 128 Å². The van der Waals surface area contributed by atoms with Gasteiger partial charge in [-0.05, 0) is 37.1 Å². The number of aliphatic hydroxyl groups is 1. The number of rotatable bonds is 7. The lowest BCUT2D eigenvalue weighted by molar-refractivity contribution is 0.0903. The van der Waals surface area contributed by atoms with Crippen molar-refractivity contribution in [1.82, 2.24) is 10.2 Å². The molecule has 1 heterocycles. The Kier molecular flexibility index (Phi) is 7.25. The molecule has 0 aromatic heterocycles. The zero-order valence-corrected chi connectivity index (χ0v) is 17.2. The average molecular weight is 436 g/mol. The molecule has 0 atom stereocenters. The quantitative estimate of drug-likeness (QED) is 0.332. The van der Waals surface area contributed by atoms with Crippen LogP contribution in [-0.4, -0.2) is 58.5 Å². The van der Waals surface area contributed by atoms with Crippen molar-refractivity contribution < 1.29 is 24.9 Å². The molecule has 2 aromatic rings. The minimum absolute atomic E-state index is 0.0199. The van der Waals surface area contributed by atoms with Crippen LogP contribution in [-0.2, 0) is 6.54 Å². The smallest absolute Gasteiger partial charge is 0.255 e. The van der Waals surface area contributed by atoms with Crippen molar-refractivity contribution in [3.05, 3.63) is 46.5 Å². The second kappa shape index (κ2) is 9.88. The highest BCUT2D eigenvalue weighted by molar-refractivity contribution is 6.33. The molecular weight excluding hydrogens is 410 g/mol. The fraction of sp³-hybridized carbons (Fsp3) is 0.381. The van der Waals surface area contributed by atoms with Gasteiger partial charge in [0.1, 0.15) is 23.9 Å². The number of aliphatic hydroxyl groups excluding tert-OH is 1. The molecule has 1 saturated heterocycles. The van der Waals surface area contributed by atoms with Gasteiger partial charge in [0.15, 0.2) is 0 Å². The van der Waals surface area contributed by atoms with E-state index in [4.69, 9.17) is 27.2 Å². The van der Waals surface area contributed by atoms with E-state index in [2.05, 4.69) is 10.2 Å². The van der Waals surface area contributed by atoms with Gasteiger partial charge in [0.25, 0.3) is 5.91 Å². The van der Waals surface area contributed by atoms with Crippen LogP contribution in [0, 0.1) is 0 Å². The Labute approximate surface area is 179 Å². The van der Waals surface area contributed by atoms with Crippen molar-refractivity contribution in [2.45, 2.75) is 25.4 Å². The molecule has 1 aliphatic rings. The van der Waals surface area contributed by atoms with E-state index >= 15 is 0 Å². The van der Waals surface area contributed by atoms with Crippen LogP contribution in [0.15, 0.2) is 30.3 Å². The number of carbonyl (C=O) groups excluding carboxylic acids is 1. The van der Waals surface area contributed by atoms with Crippen LogP contribution >= 0.6 is 11.6 Å². The van der Waals surface area contributed by atoms with Gasteiger partial charge < -0.3 is 31.1 Å². The van der Waals surface area contributed by atoms with Gasteiger partial charge in [-0.15, -0.1) is 0 Å². The highest BCUT2D eigenvalue weighted by Crippen LogP contribution is 2.30. The first-order valence-corrected chi connectivity index (χ1v) is 10.1. The van der Waals surface area contributed by atoms with Crippen molar-refractivity contribution in [2.24, 2.45) is 0 Å². The van der Waals surface area contributed by atoms with Gasteiger partial charge in [0.05, 0.1) is 22.9 Å². The van der Waals surface area contributed by atoms with Gasteiger partial charge in [0.2, 0.25) is 0 Å². The number of halogens is 1. The number of nitrogens with one attached hydrogen (secondary N) is 1. The zero-order valence-electron chi connectivity index (χ0n) is 16.5. The Hall–Kier alpha value is -2.68. The molecule has 0 spiro atoms. The van der Waals surface area contributed by atoms with Gasteiger partial charge in [-0.3, -0.25) is 9.69 Å². The molecule has 0 unspecified atom stereocenters. The average Bonchev–Trinajstić information content (AvgIpc) is 2.72. The number of benzene rings is 2. The van der Waals surface area contributed by atoms with E-state index in [0.29, 0.717) is 17.8 Å². The maximum absolute atomic E-state index is 12.8. The molecule has 8 nitrogen and oxygen atoms in total. The number of amides is 1. The molecule has 3 rings (SSSR count). The van der Waals surface area contributed by atoms with Crippen LogP contribution in [0.4, 0.5) is 5.69 Å². The van der Waals surface area contributed by atoms with E-state index in [9.17, 15) is 15.0 Å². The number of carbonyl (C=O) groups is 1. The number of nitrogen functional groups attached to an aromatic ring is 1. The van der Waals surface area contributed by atoms with Crippen LogP contribution in [0.5, 0.6) is 17.2 Å². The second-order valence-electron chi connectivity index (χ2n) is 7.28. The van der Waals surface area contributed by atoms with E-state index in [0.717, 1.165) is 25.9 Å². The third kappa shape index (κ3) is 5.47. The molecule has 0 radical (unpaired) electrons. The van der Waals surface area contributed by atoms with Crippen LogP contribution in [0.2, 0.25) is 5.02 Å². The number of nitrogens with two attached hydrogens (primary N) is 1. The Morgan fingerprint density at radius 1 is 1.23 bits per heavy atom. The highest BCUT2D eigenvalue weighted by Gasteiger charge is 2.24. The first-order valence-electron chi connectivity index (χ1n) is 9.74. The first kappa shape index (κ1) is 22.0. The largest absolute Gasteiger partial charge is 0.508 e. The Bertz CT molecular complexity index is 900. The SMILES string of the molecule is Nc1cc(OCCO)c(C(=O)NC2CCN(Cc3cc(O)ccc3O)CC2)cc1Cl. The van der Waals surface area contributed by atoms with Gasteiger partial charge >= 0.3 is 0 Å². The molecule has 0 saturated carbocycles. The van der Waals surface area contributed by atoms with Gasteiger partial charge in [-0.1, -0.05) is 11.6 Å². The van der Waals surface area contributed by atoms with Crippen LogP contribution < -0.4 is 15.8 Å². The maximum atomic E-state index is 12.8. The first-order chi connectivity index (χ1) is 14.4. The summed E-state index contributed by atoms with van der Waals surface area (Å²) in [5.74, 6) is 0.236. The van der Waals surface area contributed by atoms with Crippen LogP contribution in [0.25, 0.3) is 0 Å². The number of hydrogen-bond acceptors (Lipinski definition) is 7. The van der Waals surface area contributed by atoms with Gasteiger partial charge in [0, 0.05) is 37.3 Å². The lowest BCUT2D eigenvalue weighted by Crippen LogP contribution is -2.44. The summed E-state index contributed by atoms with van der Waals surface area (Å²) in [5, 5.41) is 31.8. The van der Waals surface area contributed by atoms with Gasteiger partial charge in [-0.25, -0.2) is 0 Å². The van der Waals surface area contributed by atoms with E-state index in [-0.39, 0.29) is 53.0 Å². The van der Waals surface area contributed by atoms with Crippen LogP contribution in [0.1, 0.15) is 28.8 Å². The number of nitrogens with zero attached hydrogens (tertiary/aromatic N) is 1. The lowest BCUT2D eigenvalue weighted by Gasteiger charge is -2.32. The van der Waals surface area contributed by atoms with Crippen LogP contribution in [0.3, 0.4) is 0 Å². The predicted octanol–water partition coefficient (Wildman–Crippen LogP) is 2.10. The summed E-state index contributed by atoms with van der Waals surface area (Å²) in [6.07, 6.45) is 1.47. The third-order valence-corrected chi connectivity index (χ3v) is 5.40. The molecule has 1 amide bonds. The summed E-state index contributed by atoms with van der Waals surface area (Å²) in [4.78, 5) is 14.9. The molecular formula is C21H26ClN3O5. The molecule has 30 heavy (non-hydrogen) atoms. The molecule has 0 bridgehead atoms. The number of piperidine rings is 1. The van der Waals surface area contributed by atoms with E-state index in [1.165, 1.54) is 24.3 Å². The van der Waals surface area contributed by atoms with Gasteiger partial charge in [-0.2, -0.15) is 0 Å². The molecule has 1 aliphatic heterocycles. The maximum Gasteiger partial charge on any atom is 0.255 e. The number of anilines is 1. The minimum Gasteiger partial charge on any atom is -0.508 e. The zero-order chi connectivity index (χ0) is 21.7. The standard InChI is InChI=1S/C21H26ClN3O5/c22-17-10-16(20(11-18(17)23)30-8-7-26)21(29)24-14-3-5-25(6-4-14)12-13-9-15(27)1-2-19(13)28/h1-2,9-11,14,26-28H,3-8,12,23H2,(H,24,29). The van der Waals surface area contributed by atoms with Crippen molar-refractivity contribution in [3.8, 4) is 17.2 Å². The Morgan fingerprint density at radius 3 is 2.67 bits per heavy atom. The molecule has 9 heteroatoms. The fourth-order valence-corrected chi connectivity index (χ4v) is 3.62. The van der Waals surface area contributed by atoms with E-state index in [1.54, 1.807) is 6.07 Å². The minimum atomic E-state index is -0.311. The molecule has 2 aromatic carbocycles. The summed E-state index contributed by atoms with van der Waals surface area (Å²) >= 11 is 6.07. The van der Waals surface area contributed by atoms with E-state index in [1.807, 2.05) is 0 Å². The van der Waals surface area contributed by atoms with Crippen molar-refractivity contribution in [1.29, 1.82) is 0 Å². The number of phenolic OH excluding ortho intramolecular Hbond substituents is 2. The summed E-state index contributed by atoms with van der Waals surface area (Å²) in [6.45, 7) is 1.85. The number of aromatic hydroxyl groups is 2. The fourth-order valence-electron chi connectivity index (χ4n) is 3.46. The number of hydrogen-bond donors (Lipinski definition) is 5. The monoisotopic (exact) mass is 435 g/mol. The van der Waals surface area contributed by atoms with Crippen molar-refractivity contribution in [3.63, 3.8) is 0 Å². The summed E-state index contributed by atoms with van der Waals surface area (Å²) in [6, 6.07) is 7.42.